The second-order valence-electron chi connectivity index (χ2n) is 14.7. The Labute approximate surface area is 314 Å². The van der Waals surface area contributed by atoms with E-state index in [4.69, 9.17) is 14.2 Å². The highest BCUT2D eigenvalue weighted by Crippen LogP contribution is 2.23. The summed E-state index contributed by atoms with van der Waals surface area (Å²) in [6, 6.07) is 0. The van der Waals surface area contributed by atoms with Crippen molar-refractivity contribution in [2.75, 3.05) is 33.9 Å². The second-order valence-corrected chi connectivity index (χ2v) is 14.7. The van der Waals surface area contributed by atoms with Gasteiger partial charge in [-0.05, 0) is 104 Å². The lowest BCUT2D eigenvalue weighted by atomic mass is 10.0. The van der Waals surface area contributed by atoms with Crippen LogP contribution < -0.4 is 0 Å². The third-order valence-corrected chi connectivity index (χ3v) is 8.90. The molecule has 0 rings (SSSR count). The van der Waals surface area contributed by atoms with Gasteiger partial charge in [0, 0.05) is 25.7 Å². The average molecular weight is 746 g/mol. The quantitative estimate of drug-likeness (QED) is 0.0276. The summed E-state index contributed by atoms with van der Waals surface area (Å²) in [4.78, 5) is 38.6. The Bertz CT molecular complexity index is 907. The Balaban J connectivity index is 4.24. The number of nitrogens with zero attached hydrogens (tertiary/aromatic N) is 1. The monoisotopic (exact) mass is 746 g/mol. The normalized spacial score (nSPS) is 13.9. The topological polar surface area (TPSA) is 82.1 Å². The molecule has 304 valence electrons. The van der Waals surface area contributed by atoms with Gasteiger partial charge >= 0.3 is 17.9 Å². The van der Waals surface area contributed by atoms with Gasteiger partial charge in [0.1, 0.15) is 11.8 Å². The number of ether oxygens (including phenoxy) is 3. The molecule has 2 unspecified atom stereocenters. The van der Waals surface area contributed by atoms with Gasteiger partial charge in [-0.3, -0.25) is 14.4 Å². The van der Waals surface area contributed by atoms with Crippen LogP contribution in [0.1, 0.15) is 175 Å². The van der Waals surface area contributed by atoms with E-state index in [-0.39, 0.29) is 50.1 Å². The van der Waals surface area contributed by atoms with Crippen molar-refractivity contribution in [3.63, 3.8) is 0 Å². The molecule has 0 aromatic carbocycles. The van der Waals surface area contributed by atoms with E-state index in [0.29, 0.717) is 38.5 Å². The van der Waals surface area contributed by atoms with Crippen LogP contribution >= 0.6 is 0 Å². The van der Waals surface area contributed by atoms with E-state index in [9.17, 15) is 27.6 Å². The van der Waals surface area contributed by atoms with Gasteiger partial charge in [-0.25, -0.2) is 13.2 Å². The maximum Gasteiger partial charge on any atom is 0.306 e. The minimum absolute atomic E-state index is 0.103. The molecule has 0 aliphatic heterocycles. The minimum Gasteiger partial charge on any atom is -0.465 e. The van der Waals surface area contributed by atoms with Crippen molar-refractivity contribution in [1.29, 1.82) is 0 Å². The number of carbonyl (C=O) groups is 3. The van der Waals surface area contributed by atoms with Crippen LogP contribution in [0, 0.1) is 0 Å². The van der Waals surface area contributed by atoms with E-state index in [1.807, 2.05) is 27.9 Å². The molecule has 7 nitrogen and oxygen atoms in total. The number of hydrogen-bond donors (Lipinski definition) is 0. The largest absolute Gasteiger partial charge is 0.465 e. The summed E-state index contributed by atoms with van der Waals surface area (Å²) in [7, 11) is 3.97. The van der Waals surface area contributed by atoms with Gasteiger partial charge in [0.05, 0.1) is 13.2 Å². The standard InChI is InChI=1S/C42H74F3NO6/c1-6-8-30-41(3,43)31-20-22-35-50-38(47)27-18-14-10-12-16-25-37(52-40(49)29-24-34-46(4)5)26-17-13-11-15-19-28-39(48)51-36-23-21-33-42(44,45)32-9-7-2/h20-21,31,33,37H,6-19,22-30,32,34-36H2,1-5H3/b31-20-,33-21-. The number of hydrogen-bond acceptors (Lipinski definition) is 7. The van der Waals surface area contributed by atoms with Crippen molar-refractivity contribution in [2.24, 2.45) is 0 Å². The maximum absolute atomic E-state index is 14.3. The van der Waals surface area contributed by atoms with Gasteiger partial charge in [-0.15, -0.1) is 0 Å². The number of unbranched alkanes of at least 4 members (excludes halogenated alkanes) is 10. The molecule has 10 heteroatoms. The van der Waals surface area contributed by atoms with Crippen molar-refractivity contribution in [3.05, 3.63) is 24.3 Å². The summed E-state index contributed by atoms with van der Waals surface area (Å²) in [5.41, 5.74) is -1.31. The summed E-state index contributed by atoms with van der Waals surface area (Å²) in [6.45, 7) is 6.73. The molecule has 0 heterocycles. The Kier molecular flexibility index (Phi) is 30.6. The van der Waals surface area contributed by atoms with Gasteiger partial charge in [-0.1, -0.05) is 89.9 Å². The van der Waals surface area contributed by atoms with E-state index >= 15 is 0 Å². The highest BCUT2D eigenvalue weighted by Gasteiger charge is 2.23. The van der Waals surface area contributed by atoms with Crippen molar-refractivity contribution >= 4 is 17.9 Å². The molecule has 0 radical (unpaired) electrons. The fourth-order valence-corrected chi connectivity index (χ4v) is 5.70. The highest BCUT2D eigenvalue weighted by molar-refractivity contribution is 5.70. The Morgan fingerprint density at radius 2 is 1.08 bits per heavy atom. The molecule has 52 heavy (non-hydrogen) atoms. The molecule has 0 aromatic heterocycles. The lowest BCUT2D eigenvalue weighted by Crippen LogP contribution is -2.20. The highest BCUT2D eigenvalue weighted by atomic mass is 19.3. The van der Waals surface area contributed by atoms with Crippen molar-refractivity contribution in [1.82, 2.24) is 4.90 Å². The fourth-order valence-electron chi connectivity index (χ4n) is 5.70. The van der Waals surface area contributed by atoms with E-state index in [2.05, 4.69) is 4.90 Å². The lowest BCUT2D eigenvalue weighted by molar-refractivity contribution is -0.150. The van der Waals surface area contributed by atoms with Gasteiger partial charge in [0.25, 0.3) is 5.92 Å². The molecule has 0 amide bonds. The second kappa shape index (κ2) is 32.1. The molecule has 0 saturated carbocycles. The number of alkyl halides is 3. The number of halogens is 3. The van der Waals surface area contributed by atoms with Crippen molar-refractivity contribution < 1.29 is 41.8 Å². The molecule has 0 saturated heterocycles. The zero-order valence-corrected chi connectivity index (χ0v) is 33.5. The van der Waals surface area contributed by atoms with E-state index in [1.54, 1.807) is 19.1 Å². The third kappa shape index (κ3) is 33.5. The number of allylic oxidation sites excluding steroid dienone is 2. The van der Waals surface area contributed by atoms with Crippen LogP contribution in [-0.4, -0.2) is 74.4 Å². The summed E-state index contributed by atoms with van der Waals surface area (Å²) in [5.74, 6) is -3.45. The molecule has 0 aliphatic rings. The van der Waals surface area contributed by atoms with Crippen LogP contribution in [-0.2, 0) is 28.6 Å². The van der Waals surface area contributed by atoms with E-state index in [1.165, 1.54) is 6.08 Å². The molecule has 0 aliphatic carbocycles. The SMILES string of the molecule is CCCCC(C)(F)/C=C\CCOC(=O)CCCCCCCC(CCCCCCCC(=O)OCC/C=C\C(F)(F)CCCC)OC(=O)CCCN(C)C. The van der Waals surface area contributed by atoms with Gasteiger partial charge < -0.3 is 19.1 Å². The zero-order chi connectivity index (χ0) is 38.9. The molecule has 2 atom stereocenters. The first-order valence-electron chi connectivity index (χ1n) is 20.4. The third-order valence-electron chi connectivity index (χ3n) is 8.90. The predicted octanol–water partition coefficient (Wildman–Crippen LogP) is 11.4. The number of rotatable bonds is 35. The van der Waals surface area contributed by atoms with E-state index < -0.39 is 11.6 Å². The smallest absolute Gasteiger partial charge is 0.306 e. The van der Waals surface area contributed by atoms with Crippen LogP contribution in [0.15, 0.2) is 24.3 Å². The van der Waals surface area contributed by atoms with Gasteiger partial charge in [-0.2, -0.15) is 0 Å². The molecule has 0 spiro atoms. The molecule has 0 fully saturated rings. The molecule has 0 bridgehead atoms. The molecular weight excluding hydrogens is 671 g/mol. The first-order chi connectivity index (χ1) is 24.8. The van der Waals surface area contributed by atoms with Gasteiger partial charge in [0.2, 0.25) is 0 Å². The molecular formula is C42H74F3NO6. The first-order valence-corrected chi connectivity index (χ1v) is 20.4. The van der Waals surface area contributed by atoms with Gasteiger partial charge in [0.15, 0.2) is 0 Å². The van der Waals surface area contributed by atoms with Crippen LogP contribution in [0.25, 0.3) is 0 Å². The summed E-state index contributed by atoms with van der Waals surface area (Å²) in [6.07, 6.45) is 22.4. The van der Waals surface area contributed by atoms with Crippen LogP contribution in [0.3, 0.4) is 0 Å². The summed E-state index contributed by atoms with van der Waals surface area (Å²) >= 11 is 0. The Morgan fingerprint density at radius 3 is 1.60 bits per heavy atom. The summed E-state index contributed by atoms with van der Waals surface area (Å²) < 4.78 is 57.9. The fraction of sp³-hybridized carbons (Fsp3) is 0.833. The predicted molar refractivity (Wildman–Crippen MR) is 205 cm³/mol. The number of esters is 3. The number of carbonyl (C=O) groups excluding carboxylic acids is 3. The van der Waals surface area contributed by atoms with Crippen molar-refractivity contribution in [2.45, 2.75) is 193 Å². The molecule has 0 N–H and O–H groups in total. The Hall–Kier alpha value is -2.36. The molecule has 0 aromatic rings. The zero-order valence-electron chi connectivity index (χ0n) is 33.5. The maximum atomic E-state index is 14.3. The van der Waals surface area contributed by atoms with Crippen molar-refractivity contribution in [3.8, 4) is 0 Å². The van der Waals surface area contributed by atoms with Crippen LogP contribution in [0.4, 0.5) is 13.2 Å². The average Bonchev–Trinajstić information content (AvgIpc) is 3.08. The lowest BCUT2D eigenvalue weighted by Gasteiger charge is -2.18. The van der Waals surface area contributed by atoms with Crippen LogP contribution in [0.5, 0.6) is 0 Å². The minimum atomic E-state index is -2.80. The van der Waals surface area contributed by atoms with E-state index in [0.717, 1.165) is 115 Å². The Morgan fingerprint density at radius 1 is 0.615 bits per heavy atom. The first kappa shape index (κ1) is 49.6. The summed E-state index contributed by atoms with van der Waals surface area (Å²) in [5, 5.41) is 0. The van der Waals surface area contributed by atoms with Crippen LogP contribution in [0.2, 0.25) is 0 Å².